The average Bonchev–Trinajstić information content (AvgIpc) is 3.55. The van der Waals surface area contributed by atoms with Crippen molar-refractivity contribution < 1.29 is 4.79 Å². The lowest BCUT2D eigenvalue weighted by Gasteiger charge is -2.30. The summed E-state index contributed by atoms with van der Waals surface area (Å²) in [5, 5.41) is 6.61. The van der Waals surface area contributed by atoms with Crippen LogP contribution in [0.25, 0.3) is 5.00 Å². The Labute approximate surface area is 196 Å². The minimum Gasteiger partial charge on any atom is -0.310 e. The van der Waals surface area contributed by atoms with Crippen LogP contribution < -0.4 is 5.32 Å². The van der Waals surface area contributed by atoms with Gasteiger partial charge in [0.1, 0.15) is 11.0 Å². The van der Waals surface area contributed by atoms with E-state index < -0.39 is 0 Å². The van der Waals surface area contributed by atoms with Crippen LogP contribution in [0.2, 0.25) is 0 Å². The van der Waals surface area contributed by atoms with Gasteiger partial charge in [-0.25, -0.2) is 4.79 Å². The number of nitrogens with zero attached hydrogens (tertiary/aromatic N) is 2. The van der Waals surface area contributed by atoms with Gasteiger partial charge in [-0.3, -0.25) is 0 Å². The van der Waals surface area contributed by atoms with Gasteiger partial charge in [0.25, 0.3) is 0 Å². The zero-order valence-corrected chi connectivity index (χ0v) is 19.6. The van der Waals surface area contributed by atoms with Crippen LogP contribution in [-0.2, 0) is 19.4 Å². The van der Waals surface area contributed by atoms with Crippen molar-refractivity contribution in [3.05, 3.63) is 92.2 Å². The molecule has 0 unspecified atom stereocenters. The highest BCUT2D eigenvalue weighted by atomic mass is 32.1. The molecule has 4 nitrogen and oxygen atoms in total. The van der Waals surface area contributed by atoms with Gasteiger partial charge in [-0.2, -0.15) is 0 Å². The van der Waals surface area contributed by atoms with Gasteiger partial charge in [-0.1, -0.05) is 24.3 Å². The Hall–Kier alpha value is -2.83. The van der Waals surface area contributed by atoms with E-state index in [4.69, 9.17) is 0 Å². The second-order valence-electron chi connectivity index (χ2n) is 8.59. The van der Waals surface area contributed by atoms with E-state index in [2.05, 4.69) is 45.7 Å². The molecule has 32 heavy (non-hydrogen) atoms. The topological polar surface area (TPSA) is 37.3 Å². The molecule has 3 aromatic heterocycles. The molecular weight excluding hydrogens is 434 g/mol. The zero-order chi connectivity index (χ0) is 21.7. The van der Waals surface area contributed by atoms with Crippen LogP contribution in [0.15, 0.2) is 60.1 Å². The molecule has 6 heteroatoms. The number of amides is 2. The van der Waals surface area contributed by atoms with Gasteiger partial charge in [-0.05, 0) is 73.4 Å². The van der Waals surface area contributed by atoms with Crippen molar-refractivity contribution in [2.45, 2.75) is 45.2 Å². The largest absolute Gasteiger partial charge is 0.323 e. The Bertz CT molecular complexity index is 1280. The second kappa shape index (κ2) is 7.94. The maximum atomic E-state index is 13.8. The SMILES string of the molecule is Cc1ccccc1NC(=O)N1Cc2c(sc3c2CCCC3)-n2cccc2[C@H]1c1cccs1. The molecule has 0 radical (unpaired) electrons. The van der Waals surface area contributed by atoms with E-state index in [-0.39, 0.29) is 12.1 Å². The van der Waals surface area contributed by atoms with Gasteiger partial charge in [0, 0.05) is 27.2 Å². The molecule has 0 bridgehead atoms. The number of carbonyl (C=O) groups excluding carboxylic acids is 1. The van der Waals surface area contributed by atoms with Gasteiger partial charge >= 0.3 is 6.03 Å². The third kappa shape index (κ3) is 3.21. The number of benzene rings is 1. The predicted molar refractivity (Wildman–Crippen MR) is 132 cm³/mol. The van der Waals surface area contributed by atoms with Crippen LogP contribution in [0.4, 0.5) is 10.5 Å². The average molecular weight is 460 g/mol. The summed E-state index contributed by atoms with van der Waals surface area (Å²) in [7, 11) is 0. The number of para-hydroxylation sites is 1. The van der Waals surface area contributed by atoms with E-state index in [0.717, 1.165) is 29.8 Å². The van der Waals surface area contributed by atoms with Crippen LogP contribution in [-0.4, -0.2) is 15.5 Å². The first-order chi connectivity index (χ1) is 15.7. The Kier molecular flexibility index (Phi) is 4.92. The molecule has 1 aliphatic carbocycles. The minimum absolute atomic E-state index is 0.0472. The molecule has 2 aliphatic rings. The molecule has 0 spiro atoms. The number of nitrogens with one attached hydrogen (secondary N) is 1. The van der Waals surface area contributed by atoms with Crippen molar-refractivity contribution in [3.8, 4) is 5.00 Å². The summed E-state index contributed by atoms with van der Waals surface area (Å²) in [6.07, 6.45) is 6.94. The van der Waals surface area contributed by atoms with E-state index in [1.165, 1.54) is 38.7 Å². The lowest BCUT2D eigenvalue weighted by atomic mass is 9.95. The van der Waals surface area contributed by atoms with Crippen molar-refractivity contribution in [2.75, 3.05) is 5.32 Å². The highest BCUT2D eigenvalue weighted by Crippen LogP contribution is 2.44. The molecule has 1 atom stereocenters. The fourth-order valence-corrected chi connectivity index (χ4v) is 7.29. The number of fused-ring (bicyclic) bond motifs is 5. The van der Waals surface area contributed by atoms with Gasteiger partial charge in [0.05, 0.1) is 12.2 Å². The Morgan fingerprint density at radius 2 is 1.91 bits per heavy atom. The van der Waals surface area contributed by atoms with E-state index >= 15 is 0 Å². The summed E-state index contributed by atoms with van der Waals surface area (Å²) in [5.41, 5.74) is 5.91. The van der Waals surface area contributed by atoms with Crippen LogP contribution >= 0.6 is 22.7 Å². The molecule has 0 saturated carbocycles. The van der Waals surface area contributed by atoms with Crippen LogP contribution in [0.5, 0.6) is 0 Å². The molecule has 4 heterocycles. The molecule has 1 aromatic carbocycles. The number of carbonyl (C=O) groups is 1. The monoisotopic (exact) mass is 459 g/mol. The first-order valence-electron chi connectivity index (χ1n) is 11.2. The number of urea groups is 1. The molecule has 0 fully saturated rings. The maximum Gasteiger partial charge on any atom is 0.323 e. The molecule has 162 valence electrons. The number of aryl methyl sites for hydroxylation is 2. The van der Waals surface area contributed by atoms with Gasteiger partial charge in [0.2, 0.25) is 0 Å². The normalized spacial score (nSPS) is 17.3. The minimum atomic E-state index is -0.118. The van der Waals surface area contributed by atoms with Gasteiger partial charge in [-0.15, -0.1) is 22.7 Å². The van der Waals surface area contributed by atoms with Crippen LogP contribution in [0.1, 0.15) is 51.0 Å². The van der Waals surface area contributed by atoms with E-state index in [1.54, 1.807) is 11.3 Å². The zero-order valence-electron chi connectivity index (χ0n) is 18.0. The Morgan fingerprint density at radius 1 is 1.03 bits per heavy atom. The smallest absolute Gasteiger partial charge is 0.310 e. The number of rotatable bonds is 2. The first-order valence-corrected chi connectivity index (χ1v) is 12.9. The molecule has 6 rings (SSSR count). The predicted octanol–water partition coefficient (Wildman–Crippen LogP) is 6.92. The van der Waals surface area contributed by atoms with Crippen molar-refractivity contribution in [1.82, 2.24) is 9.47 Å². The summed E-state index contributed by atoms with van der Waals surface area (Å²) >= 11 is 3.64. The summed E-state index contributed by atoms with van der Waals surface area (Å²) in [6.45, 7) is 2.66. The quantitative estimate of drug-likeness (QED) is 0.347. The summed E-state index contributed by atoms with van der Waals surface area (Å²) in [6, 6.07) is 16.3. The molecule has 1 aliphatic heterocycles. The molecule has 4 aromatic rings. The lowest BCUT2D eigenvalue weighted by Crippen LogP contribution is -2.38. The van der Waals surface area contributed by atoms with Crippen LogP contribution in [0, 0.1) is 6.92 Å². The number of anilines is 1. The molecular formula is C26H25N3OS2. The Morgan fingerprint density at radius 3 is 2.75 bits per heavy atom. The highest BCUT2D eigenvalue weighted by Gasteiger charge is 2.36. The summed E-state index contributed by atoms with van der Waals surface area (Å²) in [4.78, 5) is 18.6. The van der Waals surface area contributed by atoms with Crippen molar-refractivity contribution in [3.63, 3.8) is 0 Å². The van der Waals surface area contributed by atoms with E-state index in [1.807, 2.05) is 47.4 Å². The number of hydrogen-bond acceptors (Lipinski definition) is 3. The third-order valence-corrected chi connectivity index (χ3v) is 8.90. The van der Waals surface area contributed by atoms with Crippen LogP contribution in [0.3, 0.4) is 0 Å². The highest BCUT2D eigenvalue weighted by molar-refractivity contribution is 7.15. The maximum absolute atomic E-state index is 13.8. The fraction of sp³-hybridized carbons (Fsp3) is 0.269. The second-order valence-corrected chi connectivity index (χ2v) is 10.7. The molecule has 1 N–H and O–H groups in total. The van der Waals surface area contributed by atoms with Gasteiger partial charge in [0.15, 0.2) is 0 Å². The van der Waals surface area contributed by atoms with E-state index in [9.17, 15) is 4.79 Å². The molecule has 2 amide bonds. The first kappa shape index (κ1) is 19.8. The number of hydrogen-bond donors (Lipinski definition) is 1. The summed E-state index contributed by atoms with van der Waals surface area (Å²) in [5.74, 6) is 0. The third-order valence-electron chi connectivity index (χ3n) is 6.64. The number of aromatic nitrogens is 1. The summed E-state index contributed by atoms with van der Waals surface area (Å²) < 4.78 is 2.34. The van der Waals surface area contributed by atoms with Crippen molar-refractivity contribution >= 4 is 34.4 Å². The number of thiophene rings is 2. The molecule has 0 saturated heterocycles. The van der Waals surface area contributed by atoms with Crippen molar-refractivity contribution in [2.24, 2.45) is 0 Å². The Balaban J connectivity index is 1.50. The van der Waals surface area contributed by atoms with Crippen molar-refractivity contribution in [1.29, 1.82) is 0 Å². The standard InChI is InChI=1S/C26H25N3OS2/c1-17-8-2-4-10-20(17)27-26(30)29-16-19-18-9-3-5-12-22(18)32-25(19)28-14-6-11-21(28)24(29)23-13-7-15-31-23/h2,4,6-8,10-11,13-15,24H,3,5,9,12,16H2,1H3,(H,27,30)/t24-/m0/s1. The lowest BCUT2D eigenvalue weighted by molar-refractivity contribution is 0.195. The van der Waals surface area contributed by atoms with E-state index in [0.29, 0.717) is 6.54 Å². The fourth-order valence-electron chi connectivity index (χ4n) is 5.03. The van der Waals surface area contributed by atoms with Gasteiger partial charge < -0.3 is 14.8 Å².